The third-order valence-corrected chi connectivity index (χ3v) is 6.09. The number of rotatable bonds is 7. The highest BCUT2D eigenvalue weighted by Crippen LogP contribution is 2.28. The Balaban J connectivity index is 2.19. The Bertz CT molecular complexity index is 726. The number of nitrogens with one attached hydrogen (secondary N) is 1. The van der Waals surface area contributed by atoms with Crippen LogP contribution in [0.25, 0.3) is 0 Å². The topological polar surface area (TPSA) is 92.5 Å². The highest BCUT2D eigenvalue weighted by atomic mass is 32.2. The molecule has 1 heterocycles. The first-order chi connectivity index (χ1) is 12.2. The summed E-state index contributed by atoms with van der Waals surface area (Å²) in [6.45, 7) is 7.03. The summed E-state index contributed by atoms with van der Waals surface area (Å²) >= 11 is 0. The molecular weight excluding hydrogens is 354 g/mol. The molecule has 1 saturated heterocycles. The van der Waals surface area contributed by atoms with Crippen LogP contribution in [0.15, 0.2) is 23.1 Å². The molecule has 0 radical (unpaired) electrons. The van der Waals surface area contributed by atoms with Crippen LogP contribution in [-0.2, 0) is 9.84 Å². The Morgan fingerprint density at radius 3 is 2.31 bits per heavy atom. The van der Waals surface area contributed by atoms with Crippen LogP contribution < -0.4 is 5.32 Å². The lowest BCUT2D eigenvalue weighted by molar-refractivity contribution is -0.384. The number of benzene rings is 1. The zero-order chi connectivity index (χ0) is 19.3. The number of nitrogens with zero attached hydrogens (tertiary/aromatic N) is 2. The Hall–Kier alpha value is -1.67. The van der Waals surface area contributed by atoms with E-state index in [-0.39, 0.29) is 16.6 Å². The summed E-state index contributed by atoms with van der Waals surface area (Å²) in [5.74, 6) is 0.412. The first-order valence-electron chi connectivity index (χ1n) is 9.16. The number of sulfone groups is 1. The molecule has 8 heteroatoms. The Kier molecular flexibility index (Phi) is 7.00. The molecular formula is C18H29N3O4S. The van der Waals surface area contributed by atoms with E-state index >= 15 is 0 Å². The van der Waals surface area contributed by atoms with E-state index in [4.69, 9.17) is 0 Å². The summed E-state index contributed by atoms with van der Waals surface area (Å²) in [6.07, 6.45) is 5.94. The summed E-state index contributed by atoms with van der Waals surface area (Å²) in [7, 11) is -3.48. The van der Waals surface area contributed by atoms with E-state index in [1.807, 2.05) is 0 Å². The molecule has 1 aliphatic rings. The van der Waals surface area contributed by atoms with Crippen molar-refractivity contribution in [3.8, 4) is 0 Å². The van der Waals surface area contributed by atoms with Gasteiger partial charge in [0.05, 0.1) is 9.82 Å². The minimum absolute atomic E-state index is 0.0392. The normalized spacial score (nSPS) is 17.7. The highest BCUT2D eigenvalue weighted by molar-refractivity contribution is 7.90. The van der Waals surface area contributed by atoms with Crippen molar-refractivity contribution in [3.05, 3.63) is 28.3 Å². The van der Waals surface area contributed by atoms with E-state index in [2.05, 4.69) is 24.1 Å². The van der Waals surface area contributed by atoms with E-state index in [0.717, 1.165) is 25.4 Å². The minimum Gasteiger partial charge on any atom is -0.378 e. The second-order valence-corrected chi connectivity index (χ2v) is 9.37. The van der Waals surface area contributed by atoms with Crippen molar-refractivity contribution in [1.82, 2.24) is 4.90 Å². The van der Waals surface area contributed by atoms with Gasteiger partial charge < -0.3 is 5.32 Å². The van der Waals surface area contributed by atoms with Gasteiger partial charge in [-0.2, -0.15) is 0 Å². The van der Waals surface area contributed by atoms with Gasteiger partial charge in [0.15, 0.2) is 9.84 Å². The van der Waals surface area contributed by atoms with E-state index in [1.165, 1.54) is 37.8 Å². The first-order valence-corrected chi connectivity index (χ1v) is 11.1. The molecule has 1 N–H and O–H groups in total. The van der Waals surface area contributed by atoms with Crippen molar-refractivity contribution in [2.24, 2.45) is 5.92 Å². The largest absolute Gasteiger partial charge is 0.378 e. The number of nitro benzene ring substituents is 1. The molecule has 146 valence electrons. The molecule has 2 rings (SSSR count). The maximum absolute atomic E-state index is 11.7. The molecule has 1 aromatic rings. The van der Waals surface area contributed by atoms with Gasteiger partial charge in [-0.05, 0) is 44.0 Å². The predicted molar refractivity (Wildman–Crippen MR) is 103 cm³/mol. The van der Waals surface area contributed by atoms with Crippen LogP contribution in [0.2, 0.25) is 0 Å². The van der Waals surface area contributed by atoms with Gasteiger partial charge in [0.2, 0.25) is 0 Å². The van der Waals surface area contributed by atoms with Gasteiger partial charge in [-0.3, -0.25) is 15.0 Å². The van der Waals surface area contributed by atoms with E-state index in [1.54, 1.807) is 0 Å². The van der Waals surface area contributed by atoms with Crippen molar-refractivity contribution in [3.63, 3.8) is 0 Å². The standard InChI is InChI=1S/C18H29N3O4S/c1-14(2)18(20-10-6-4-5-7-11-20)13-19-16-9-8-15(26(3,24)25)12-17(16)21(22)23/h8-9,12,14,18-19H,4-7,10-11,13H2,1-3H3/t18-/m1/s1. The average Bonchev–Trinajstić information content (AvgIpc) is 2.83. The molecule has 0 bridgehead atoms. The molecule has 0 aliphatic carbocycles. The van der Waals surface area contributed by atoms with Crippen LogP contribution in [0.3, 0.4) is 0 Å². The van der Waals surface area contributed by atoms with Crippen LogP contribution in [0.5, 0.6) is 0 Å². The van der Waals surface area contributed by atoms with Crippen LogP contribution in [-0.4, -0.2) is 50.2 Å². The highest BCUT2D eigenvalue weighted by Gasteiger charge is 2.24. The van der Waals surface area contributed by atoms with Gasteiger partial charge in [-0.15, -0.1) is 0 Å². The van der Waals surface area contributed by atoms with Crippen molar-refractivity contribution in [2.75, 3.05) is 31.2 Å². The molecule has 1 fully saturated rings. The summed E-state index contributed by atoms with van der Waals surface area (Å²) in [4.78, 5) is 13.3. The second-order valence-electron chi connectivity index (χ2n) is 7.35. The van der Waals surface area contributed by atoms with Crippen LogP contribution >= 0.6 is 0 Å². The van der Waals surface area contributed by atoms with Crippen LogP contribution in [0.4, 0.5) is 11.4 Å². The van der Waals surface area contributed by atoms with Gasteiger partial charge in [0.25, 0.3) is 5.69 Å². The third-order valence-electron chi connectivity index (χ3n) is 4.97. The lowest BCUT2D eigenvalue weighted by Gasteiger charge is -2.34. The van der Waals surface area contributed by atoms with Gasteiger partial charge in [-0.25, -0.2) is 8.42 Å². The van der Waals surface area contributed by atoms with Crippen LogP contribution in [0.1, 0.15) is 39.5 Å². The van der Waals surface area contributed by atoms with Crippen molar-refractivity contribution in [2.45, 2.75) is 50.5 Å². The molecule has 0 amide bonds. The Labute approximate surface area is 155 Å². The smallest absolute Gasteiger partial charge is 0.293 e. The van der Waals surface area contributed by atoms with Gasteiger partial charge in [0, 0.05) is 24.9 Å². The zero-order valence-electron chi connectivity index (χ0n) is 15.8. The molecule has 0 saturated carbocycles. The molecule has 26 heavy (non-hydrogen) atoms. The lowest BCUT2D eigenvalue weighted by Crippen LogP contribution is -2.44. The van der Waals surface area contributed by atoms with E-state index < -0.39 is 14.8 Å². The van der Waals surface area contributed by atoms with Crippen molar-refractivity contribution >= 4 is 21.2 Å². The first kappa shape index (κ1) is 20.6. The quantitative estimate of drug-likeness (QED) is 0.573. The van der Waals surface area contributed by atoms with E-state index in [9.17, 15) is 18.5 Å². The van der Waals surface area contributed by atoms with Crippen molar-refractivity contribution < 1.29 is 13.3 Å². The summed E-state index contributed by atoms with van der Waals surface area (Å²) in [5.41, 5.74) is 0.161. The van der Waals surface area contributed by atoms with Crippen molar-refractivity contribution in [1.29, 1.82) is 0 Å². The maximum Gasteiger partial charge on any atom is 0.293 e. The molecule has 1 atom stereocenters. The maximum atomic E-state index is 11.7. The molecule has 0 unspecified atom stereocenters. The lowest BCUT2D eigenvalue weighted by atomic mass is 10.0. The van der Waals surface area contributed by atoms with Gasteiger partial charge in [0.1, 0.15) is 5.69 Å². The molecule has 0 aromatic heterocycles. The minimum atomic E-state index is -3.48. The molecule has 1 aliphatic heterocycles. The average molecular weight is 384 g/mol. The van der Waals surface area contributed by atoms with E-state index in [0.29, 0.717) is 18.2 Å². The fourth-order valence-corrected chi connectivity index (χ4v) is 4.11. The number of hydrogen-bond acceptors (Lipinski definition) is 6. The number of likely N-dealkylation sites (tertiary alicyclic amines) is 1. The molecule has 7 nitrogen and oxygen atoms in total. The van der Waals surface area contributed by atoms with Crippen LogP contribution in [0, 0.1) is 16.0 Å². The number of anilines is 1. The summed E-state index contributed by atoms with van der Waals surface area (Å²) in [6, 6.07) is 4.32. The Morgan fingerprint density at radius 2 is 1.81 bits per heavy atom. The predicted octanol–water partition coefficient (Wildman–Crippen LogP) is 3.31. The monoisotopic (exact) mass is 383 g/mol. The summed E-state index contributed by atoms with van der Waals surface area (Å²) < 4.78 is 23.3. The summed E-state index contributed by atoms with van der Waals surface area (Å²) in [5, 5.41) is 14.6. The SMILES string of the molecule is CC(C)[C@@H](CNc1ccc(S(C)(=O)=O)cc1[N+](=O)[O-])N1CCCCCC1. The second kappa shape index (κ2) is 8.81. The Morgan fingerprint density at radius 1 is 1.19 bits per heavy atom. The number of hydrogen-bond donors (Lipinski definition) is 1. The number of nitro groups is 1. The zero-order valence-corrected chi connectivity index (χ0v) is 16.6. The van der Waals surface area contributed by atoms with Gasteiger partial charge >= 0.3 is 0 Å². The fraction of sp³-hybridized carbons (Fsp3) is 0.667. The molecule has 1 aromatic carbocycles. The fourth-order valence-electron chi connectivity index (χ4n) is 3.47. The molecule has 0 spiro atoms. The third kappa shape index (κ3) is 5.41. The van der Waals surface area contributed by atoms with Gasteiger partial charge in [-0.1, -0.05) is 26.7 Å².